The maximum absolute atomic E-state index is 13.6. The number of nitro benzene ring substituents is 1. The molecule has 3 aliphatic heterocycles. The van der Waals surface area contributed by atoms with Gasteiger partial charge < -0.3 is 15.1 Å². The summed E-state index contributed by atoms with van der Waals surface area (Å²) in [6, 6.07) is 10.8. The Hall–Kier alpha value is -3.53. The molecule has 2 aromatic carbocycles. The van der Waals surface area contributed by atoms with Gasteiger partial charge in [-0.25, -0.2) is 4.39 Å². The standard InChI is InChI=1S/C26H30FN5O4/c27-20-5-3-4-18(12-20)15-28-26(34)22-14-19-13-21(32(35)36)6-7-23(19)31-11-10-29(16-24(22)31)17-25(33)30-8-1-2-9-30/h3-7,12-13,22,24H,1-2,8-11,14-17H2,(H,28,34). The number of nitrogens with one attached hydrogen (secondary N) is 1. The minimum absolute atomic E-state index is 0.000893. The van der Waals surface area contributed by atoms with Crippen LogP contribution in [0.5, 0.6) is 0 Å². The van der Waals surface area contributed by atoms with E-state index in [4.69, 9.17) is 0 Å². The molecule has 3 heterocycles. The lowest BCUT2D eigenvalue weighted by molar-refractivity contribution is -0.384. The summed E-state index contributed by atoms with van der Waals surface area (Å²) in [6.07, 6.45) is 2.44. The number of carbonyl (C=O) groups excluding carboxylic acids is 2. The van der Waals surface area contributed by atoms with Gasteiger partial charge in [0, 0.05) is 57.1 Å². The van der Waals surface area contributed by atoms with E-state index in [1.807, 2.05) is 4.90 Å². The topological polar surface area (TPSA) is 99.0 Å². The van der Waals surface area contributed by atoms with Crippen LogP contribution in [-0.2, 0) is 22.6 Å². The van der Waals surface area contributed by atoms with Crippen molar-refractivity contribution in [2.45, 2.75) is 31.8 Å². The van der Waals surface area contributed by atoms with Crippen LogP contribution in [0.25, 0.3) is 0 Å². The molecule has 2 fully saturated rings. The Balaban J connectivity index is 1.36. The highest BCUT2D eigenvalue weighted by Gasteiger charge is 2.42. The van der Waals surface area contributed by atoms with Gasteiger partial charge in [-0.05, 0) is 48.6 Å². The number of piperazine rings is 1. The highest BCUT2D eigenvalue weighted by Crippen LogP contribution is 2.38. The lowest BCUT2D eigenvalue weighted by Crippen LogP contribution is -2.62. The van der Waals surface area contributed by atoms with Gasteiger partial charge in [0.25, 0.3) is 5.69 Å². The van der Waals surface area contributed by atoms with Crippen LogP contribution in [0, 0.1) is 21.8 Å². The predicted octanol–water partition coefficient (Wildman–Crippen LogP) is 2.34. The second-order valence-electron chi connectivity index (χ2n) is 9.81. The fourth-order valence-corrected chi connectivity index (χ4v) is 5.65. The average Bonchev–Trinajstić information content (AvgIpc) is 3.42. The van der Waals surface area contributed by atoms with Gasteiger partial charge in [-0.3, -0.25) is 24.6 Å². The van der Waals surface area contributed by atoms with Gasteiger partial charge in [-0.15, -0.1) is 0 Å². The molecule has 1 N–H and O–H groups in total. The number of hydrogen-bond acceptors (Lipinski definition) is 6. The summed E-state index contributed by atoms with van der Waals surface area (Å²) in [4.78, 5) is 43.3. The minimum atomic E-state index is -0.460. The summed E-state index contributed by atoms with van der Waals surface area (Å²) >= 11 is 0. The summed E-state index contributed by atoms with van der Waals surface area (Å²) in [6.45, 7) is 3.97. The zero-order valence-electron chi connectivity index (χ0n) is 20.1. The molecule has 2 unspecified atom stereocenters. The summed E-state index contributed by atoms with van der Waals surface area (Å²) in [5, 5.41) is 14.3. The van der Waals surface area contributed by atoms with Crippen molar-refractivity contribution >= 4 is 23.2 Å². The summed E-state index contributed by atoms with van der Waals surface area (Å²) in [7, 11) is 0. The maximum Gasteiger partial charge on any atom is 0.269 e. The molecule has 2 saturated heterocycles. The molecule has 2 amide bonds. The molecule has 0 bridgehead atoms. The fourth-order valence-electron chi connectivity index (χ4n) is 5.65. The monoisotopic (exact) mass is 495 g/mol. The van der Waals surface area contributed by atoms with E-state index in [0.717, 1.165) is 37.2 Å². The number of likely N-dealkylation sites (tertiary alicyclic amines) is 1. The zero-order chi connectivity index (χ0) is 25.2. The number of fused-ring (bicyclic) bond motifs is 3. The van der Waals surface area contributed by atoms with Crippen LogP contribution in [0.3, 0.4) is 0 Å². The molecule has 0 radical (unpaired) electrons. The first-order valence-corrected chi connectivity index (χ1v) is 12.5. The Morgan fingerprint density at radius 3 is 2.64 bits per heavy atom. The molecule has 0 spiro atoms. The van der Waals surface area contributed by atoms with Gasteiger partial charge in [0.05, 0.1) is 23.4 Å². The lowest BCUT2D eigenvalue weighted by Gasteiger charge is -2.49. The number of non-ortho nitro benzene ring substituents is 1. The highest BCUT2D eigenvalue weighted by molar-refractivity contribution is 5.82. The SMILES string of the molecule is O=C(NCc1cccc(F)c1)C1Cc2cc([N+](=O)[O-])ccc2N2CCN(CC(=O)N3CCCC3)CC12. The summed E-state index contributed by atoms with van der Waals surface area (Å²) < 4.78 is 13.6. The molecule has 10 heteroatoms. The van der Waals surface area contributed by atoms with E-state index in [-0.39, 0.29) is 35.9 Å². The second kappa shape index (κ2) is 10.2. The Kier molecular flexibility index (Phi) is 6.86. The smallest absolute Gasteiger partial charge is 0.269 e. The Morgan fingerprint density at radius 2 is 1.89 bits per heavy atom. The summed E-state index contributed by atoms with van der Waals surface area (Å²) in [5.74, 6) is -0.880. The van der Waals surface area contributed by atoms with E-state index in [0.29, 0.717) is 38.2 Å². The van der Waals surface area contributed by atoms with Crippen molar-refractivity contribution in [2.75, 3.05) is 44.2 Å². The molecular weight excluding hydrogens is 465 g/mol. The van der Waals surface area contributed by atoms with Gasteiger partial charge in [0.15, 0.2) is 0 Å². The molecule has 0 aromatic heterocycles. The van der Waals surface area contributed by atoms with Crippen molar-refractivity contribution in [1.82, 2.24) is 15.1 Å². The number of carbonyl (C=O) groups is 2. The van der Waals surface area contributed by atoms with Gasteiger partial charge >= 0.3 is 0 Å². The third-order valence-electron chi connectivity index (χ3n) is 7.50. The van der Waals surface area contributed by atoms with E-state index in [2.05, 4.69) is 15.1 Å². The average molecular weight is 496 g/mol. The minimum Gasteiger partial charge on any atom is -0.365 e. The van der Waals surface area contributed by atoms with Crippen LogP contribution >= 0.6 is 0 Å². The molecule has 2 aromatic rings. The van der Waals surface area contributed by atoms with E-state index in [9.17, 15) is 24.1 Å². The molecule has 5 rings (SSSR count). The first-order valence-electron chi connectivity index (χ1n) is 12.5. The summed E-state index contributed by atoms with van der Waals surface area (Å²) in [5.41, 5.74) is 2.34. The molecule has 3 aliphatic rings. The molecular formula is C26H30FN5O4. The van der Waals surface area contributed by atoms with Crippen LogP contribution in [0.1, 0.15) is 24.0 Å². The molecule has 190 valence electrons. The molecule has 2 atom stereocenters. The van der Waals surface area contributed by atoms with Crippen LogP contribution in [0.2, 0.25) is 0 Å². The van der Waals surface area contributed by atoms with Crippen LogP contribution in [0.4, 0.5) is 15.8 Å². The van der Waals surface area contributed by atoms with Crippen molar-refractivity contribution in [1.29, 1.82) is 0 Å². The van der Waals surface area contributed by atoms with E-state index in [1.54, 1.807) is 24.3 Å². The Morgan fingerprint density at radius 1 is 1.08 bits per heavy atom. The van der Waals surface area contributed by atoms with Crippen molar-refractivity contribution in [2.24, 2.45) is 5.92 Å². The van der Waals surface area contributed by atoms with E-state index >= 15 is 0 Å². The Labute approximate surface area is 209 Å². The van der Waals surface area contributed by atoms with Crippen molar-refractivity contribution in [3.63, 3.8) is 0 Å². The highest BCUT2D eigenvalue weighted by atomic mass is 19.1. The fraction of sp³-hybridized carbons (Fsp3) is 0.462. The van der Waals surface area contributed by atoms with Crippen LogP contribution in [-0.4, -0.2) is 71.8 Å². The number of nitro groups is 1. The van der Waals surface area contributed by atoms with Crippen molar-refractivity contribution in [3.05, 3.63) is 69.5 Å². The maximum atomic E-state index is 13.6. The van der Waals surface area contributed by atoms with Crippen LogP contribution < -0.4 is 10.2 Å². The van der Waals surface area contributed by atoms with E-state index < -0.39 is 10.8 Å². The predicted molar refractivity (Wildman–Crippen MR) is 132 cm³/mol. The largest absolute Gasteiger partial charge is 0.365 e. The second-order valence-corrected chi connectivity index (χ2v) is 9.81. The number of hydrogen-bond donors (Lipinski definition) is 1. The first-order chi connectivity index (χ1) is 17.4. The zero-order valence-corrected chi connectivity index (χ0v) is 20.1. The quantitative estimate of drug-likeness (QED) is 0.488. The van der Waals surface area contributed by atoms with Crippen molar-refractivity contribution in [3.8, 4) is 0 Å². The number of benzene rings is 2. The normalized spacial score (nSPS) is 21.6. The Bertz CT molecular complexity index is 1170. The number of anilines is 1. The number of rotatable bonds is 6. The third kappa shape index (κ3) is 5.04. The van der Waals surface area contributed by atoms with Gasteiger partial charge in [0.1, 0.15) is 5.82 Å². The van der Waals surface area contributed by atoms with Gasteiger partial charge in [0.2, 0.25) is 11.8 Å². The van der Waals surface area contributed by atoms with Crippen LogP contribution in [0.15, 0.2) is 42.5 Å². The molecule has 0 saturated carbocycles. The van der Waals surface area contributed by atoms with Gasteiger partial charge in [-0.2, -0.15) is 0 Å². The van der Waals surface area contributed by atoms with E-state index in [1.165, 1.54) is 18.2 Å². The molecule has 9 nitrogen and oxygen atoms in total. The first kappa shape index (κ1) is 24.2. The molecule has 36 heavy (non-hydrogen) atoms. The number of amides is 2. The van der Waals surface area contributed by atoms with Gasteiger partial charge in [-0.1, -0.05) is 12.1 Å². The number of nitrogens with zero attached hydrogens (tertiary/aromatic N) is 4. The number of halogens is 1. The third-order valence-corrected chi connectivity index (χ3v) is 7.50. The molecule has 0 aliphatic carbocycles. The van der Waals surface area contributed by atoms with Crippen molar-refractivity contribution < 1.29 is 18.9 Å². The lowest BCUT2D eigenvalue weighted by atomic mass is 9.83.